The molecule has 3 heteroatoms. The highest BCUT2D eigenvalue weighted by atomic mass is 16.3. The van der Waals surface area contributed by atoms with Crippen molar-refractivity contribution >= 4 is 0 Å². The van der Waals surface area contributed by atoms with E-state index in [-0.39, 0.29) is 0 Å². The molecule has 5 atom stereocenters. The van der Waals surface area contributed by atoms with Crippen LogP contribution in [0.25, 0.3) is 0 Å². The average Bonchev–Trinajstić information content (AvgIpc) is 2.53. The van der Waals surface area contributed by atoms with Crippen LogP contribution in [-0.4, -0.2) is 35.9 Å². The van der Waals surface area contributed by atoms with E-state index in [0.29, 0.717) is 18.0 Å². The van der Waals surface area contributed by atoms with E-state index in [0.717, 1.165) is 37.8 Å². The molecule has 0 amide bonds. The number of hydrogen-bond donors (Lipinski definition) is 3. The van der Waals surface area contributed by atoms with E-state index in [9.17, 15) is 5.11 Å². The number of nitrogens with one attached hydrogen (secondary N) is 2. The Kier molecular flexibility index (Phi) is 6.03. The van der Waals surface area contributed by atoms with Gasteiger partial charge >= 0.3 is 0 Å². The number of hydrogen-bond acceptors (Lipinski definition) is 3. The van der Waals surface area contributed by atoms with E-state index in [1.165, 1.54) is 51.4 Å². The van der Waals surface area contributed by atoms with Gasteiger partial charge in [-0.25, -0.2) is 0 Å². The third kappa shape index (κ3) is 4.29. The first-order chi connectivity index (χ1) is 11.1. The first-order valence-electron chi connectivity index (χ1n) is 10.3. The van der Waals surface area contributed by atoms with Gasteiger partial charge in [-0.3, -0.25) is 0 Å². The topological polar surface area (TPSA) is 44.3 Å². The minimum atomic E-state index is -0.430. The smallest absolute Gasteiger partial charge is 0.0717 e. The molecule has 2 bridgehead atoms. The molecule has 0 aromatic rings. The lowest BCUT2D eigenvalue weighted by atomic mass is 9.68. The molecule has 3 rings (SSSR count). The Morgan fingerprint density at radius 1 is 0.957 bits per heavy atom. The maximum Gasteiger partial charge on any atom is 0.0717 e. The van der Waals surface area contributed by atoms with Gasteiger partial charge < -0.3 is 15.7 Å². The minimum Gasteiger partial charge on any atom is -0.389 e. The first-order valence-corrected chi connectivity index (χ1v) is 10.3. The van der Waals surface area contributed by atoms with Crippen molar-refractivity contribution in [1.82, 2.24) is 10.6 Å². The van der Waals surface area contributed by atoms with Gasteiger partial charge in [0, 0.05) is 18.0 Å². The fourth-order valence-electron chi connectivity index (χ4n) is 5.42. The molecular weight excluding hydrogens is 284 g/mol. The lowest BCUT2D eigenvalue weighted by Crippen LogP contribution is -2.58. The molecule has 5 unspecified atom stereocenters. The summed E-state index contributed by atoms with van der Waals surface area (Å²) in [5.41, 5.74) is -0.430. The Morgan fingerprint density at radius 2 is 1.70 bits per heavy atom. The van der Waals surface area contributed by atoms with Gasteiger partial charge in [0.05, 0.1) is 5.60 Å². The number of fused-ring (bicyclic) bond motifs is 4. The molecule has 2 aliphatic heterocycles. The Balaban J connectivity index is 1.76. The Labute approximate surface area is 143 Å². The molecule has 0 aromatic carbocycles. The quantitative estimate of drug-likeness (QED) is 0.693. The van der Waals surface area contributed by atoms with Crippen molar-refractivity contribution in [1.29, 1.82) is 0 Å². The summed E-state index contributed by atoms with van der Waals surface area (Å²) in [7, 11) is 0. The predicted octanol–water partition coefficient (Wildman–Crippen LogP) is 3.46. The van der Waals surface area contributed by atoms with E-state index in [2.05, 4.69) is 24.5 Å². The van der Waals surface area contributed by atoms with Crippen molar-refractivity contribution in [2.75, 3.05) is 13.1 Å². The second kappa shape index (κ2) is 7.84. The zero-order valence-electron chi connectivity index (χ0n) is 15.3. The predicted molar refractivity (Wildman–Crippen MR) is 96.5 cm³/mol. The van der Waals surface area contributed by atoms with Crippen molar-refractivity contribution in [2.24, 2.45) is 17.8 Å². The molecule has 3 N–H and O–H groups in total. The summed E-state index contributed by atoms with van der Waals surface area (Å²) in [6.07, 6.45) is 12.3. The molecule has 3 nitrogen and oxygen atoms in total. The molecule has 0 aromatic heterocycles. The summed E-state index contributed by atoms with van der Waals surface area (Å²) in [6.45, 7) is 6.90. The monoisotopic (exact) mass is 322 g/mol. The van der Waals surface area contributed by atoms with Crippen LogP contribution < -0.4 is 10.6 Å². The zero-order valence-corrected chi connectivity index (χ0v) is 15.3. The van der Waals surface area contributed by atoms with Crippen LogP contribution in [0.2, 0.25) is 0 Å². The zero-order chi connectivity index (χ0) is 16.3. The summed E-state index contributed by atoms with van der Waals surface area (Å²) >= 11 is 0. The summed E-state index contributed by atoms with van der Waals surface area (Å²) in [4.78, 5) is 0. The van der Waals surface area contributed by atoms with Gasteiger partial charge in [0.25, 0.3) is 0 Å². The van der Waals surface area contributed by atoms with Gasteiger partial charge in [-0.2, -0.15) is 0 Å². The summed E-state index contributed by atoms with van der Waals surface area (Å²) in [6, 6.07) is 1.07. The van der Waals surface area contributed by atoms with Crippen LogP contribution in [0.4, 0.5) is 0 Å². The summed E-state index contributed by atoms with van der Waals surface area (Å²) in [5, 5.41) is 19.1. The summed E-state index contributed by atoms with van der Waals surface area (Å²) in [5.74, 6) is 2.01. The van der Waals surface area contributed by atoms with Crippen LogP contribution >= 0.6 is 0 Å². The van der Waals surface area contributed by atoms with E-state index < -0.39 is 5.60 Å². The number of rotatable bonds is 1. The Morgan fingerprint density at radius 3 is 2.52 bits per heavy atom. The van der Waals surface area contributed by atoms with Crippen molar-refractivity contribution in [3.63, 3.8) is 0 Å². The fraction of sp³-hybridized carbons (Fsp3) is 1.00. The van der Waals surface area contributed by atoms with Gasteiger partial charge in [0.1, 0.15) is 0 Å². The third-order valence-corrected chi connectivity index (χ3v) is 7.01. The Hall–Kier alpha value is -0.120. The highest BCUT2D eigenvalue weighted by molar-refractivity contribution is 5.00. The molecule has 0 spiro atoms. The van der Waals surface area contributed by atoms with Gasteiger partial charge in [-0.05, 0) is 63.5 Å². The van der Waals surface area contributed by atoms with E-state index in [1.54, 1.807) is 0 Å². The highest BCUT2D eigenvalue weighted by Gasteiger charge is 2.45. The fourth-order valence-corrected chi connectivity index (χ4v) is 5.42. The molecule has 2 heterocycles. The van der Waals surface area contributed by atoms with Crippen molar-refractivity contribution in [3.8, 4) is 0 Å². The van der Waals surface area contributed by atoms with Crippen molar-refractivity contribution in [2.45, 2.75) is 95.7 Å². The molecule has 0 radical (unpaired) electrons. The molecule has 23 heavy (non-hydrogen) atoms. The average molecular weight is 323 g/mol. The second-order valence-electron chi connectivity index (χ2n) is 8.90. The normalized spacial score (nSPS) is 43.3. The van der Waals surface area contributed by atoms with Gasteiger partial charge in [-0.1, -0.05) is 39.5 Å². The van der Waals surface area contributed by atoms with Crippen molar-refractivity contribution < 1.29 is 5.11 Å². The SMILES string of the molecule is CC(C)C1CCCCC2CC(O)(CCN2)C2CCCCC2NC1. The molecule has 1 saturated carbocycles. The Bertz CT molecular complexity index is 373. The molecule has 1 aliphatic carbocycles. The maximum atomic E-state index is 11.5. The van der Waals surface area contributed by atoms with E-state index in [4.69, 9.17) is 0 Å². The number of aliphatic hydroxyl groups is 1. The summed E-state index contributed by atoms with van der Waals surface area (Å²) < 4.78 is 0. The minimum absolute atomic E-state index is 0.430. The van der Waals surface area contributed by atoms with Gasteiger partial charge in [0.15, 0.2) is 0 Å². The van der Waals surface area contributed by atoms with Crippen LogP contribution in [0, 0.1) is 17.8 Å². The standard InChI is InChI=1S/C20H38N2O/c1-15(2)16-7-3-4-8-17-13-20(23,11-12-21-17)18-9-5-6-10-19(18)22-14-16/h15-19,21-23H,3-14H2,1-2H3. The van der Waals surface area contributed by atoms with Crippen LogP contribution in [-0.2, 0) is 0 Å². The van der Waals surface area contributed by atoms with E-state index in [1.807, 2.05) is 0 Å². The van der Waals surface area contributed by atoms with Crippen LogP contribution in [0.15, 0.2) is 0 Å². The van der Waals surface area contributed by atoms with Crippen LogP contribution in [0.5, 0.6) is 0 Å². The molecule has 3 aliphatic rings. The lowest BCUT2D eigenvalue weighted by Gasteiger charge is -2.48. The van der Waals surface area contributed by atoms with Crippen LogP contribution in [0.1, 0.15) is 78.1 Å². The lowest BCUT2D eigenvalue weighted by molar-refractivity contribution is -0.0794. The van der Waals surface area contributed by atoms with E-state index >= 15 is 0 Å². The van der Waals surface area contributed by atoms with Gasteiger partial charge in [0.2, 0.25) is 0 Å². The maximum absolute atomic E-state index is 11.5. The largest absolute Gasteiger partial charge is 0.389 e. The molecule has 134 valence electrons. The van der Waals surface area contributed by atoms with Crippen molar-refractivity contribution in [3.05, 3.63) is 0 Å². The third-order valence-electron chi connectivity index (χ3n) is 7.01. The van der Waals surface area contributed by atoms with Crippen LogP contribution in [0.3, 0.4) is 0 Å². The number of piperidine rings is 1. The molecule has 3 fully saturated rings. The second-order valence-corrected chi connectivity index (χ2v) is 8.90. The first kappa shape index (κ1) is 17.7. The molecule has 2 saturated heterocycles. The highest BCUT2D eigenvalue weighted by Crippen LogP contribution is 2.40. The molecular formula is C20H38N2O. The van der Waals surface area contributed by atoms with Gasteiger partial charge in [-0.15, -0.1) is 0 Å².